The zero-order chi connectivity index (χ0) is 17.7. The lowest BCUT2D eigenvalue weighted by atomic mass is 10.2. The van der Waals surface area contributed by atoms with Crippen molar-refractivity contribution >= 4 is 34.6 Å². The van der Waals surface area contributed by atoms with Gasteiger partial charge in [-0.2, -0.15) is 0 Å². The van der Waals surface area contributed by atoms with Gasteiger partial charge in [-0.25, -0.2) is 0 Å². The third kappa shape index (κ3) is 4.40. The van der Waals surface area contributed by atoms with Gasteiger partial charge >= 0.3 is 0 Å². The quantitative estimate of drug-likeness (QED) is 0.629. The number of hydrogen-bond acceptors (Lipinski definition) is 6. The van der Waals surface area contributed by atoms with Crippen LogP contribution in [0.1, 0.15) is 0 Å². The number of nitro benzene ring substituents is 2. The fraction of sp³-hybridized carbons (Fsp3) is 0.0714. The molecule has 0 aromatic heterocycles. The Morgan fingerprint density at radius 3 is 2.33 bits per heavy atom. The third-order valence-electron chi connectivity index (χ3n) is 2.85. The molecule has 0 radical (unpaired) electrons. The molecule has 0 atom stereocenters. The average molecular weight is 352 g/mol. The maximum atomic E-state index is 11.8. The van der Waals surface area contributed by atoms with Crippen LogP contribution in [0.3, 0.4) is 0 Å². The van der Waals surface area contributed by atoms with Crippen molar-refractivity contribution in [1.29, 1.82) is 0 Å². The Balaban J connectivity index is 2.00. The van der Waals surface area contributed by atoms with E-state index in [0.717, 1.165) is 0 Å². The molecule has 2 rings (SSSR count). The molecule has 0 aliphatic carbocycles. The van der Waals surface area contributed by atoms with Crippen molar-refractivity contribution in [2.24, 2.45) is 0 Å². The van der Waals surface area contributed by atoms with Crippen molar-refractivity contribution in [3.63, 3.8) is 0 Å². The minimum Gasteiger partial charge on any atom is -0.484 e. The lowest BCUT2D eigenvalue weighted by Gasteiger charge is -2.08. The smallest absolute Gasteiger partial charge is 0.292 e. The van der Waals surface area contributed by atoms with E-state index in [0.29, 0.717) is 0 Å². The Labute approximate surface area is 140 Å². The van der Waals surface area contributed by atoms with Crippen molar-refractivity contribution in [3.05, 3.63) is 67.7 Å². The summed E-state index contributed by atoms with van der Waals surface area (Å²) in [5.74, 6) is -0.393. The normalized spacial score (nSPS) is 10.0. The lowest BCUT2D eigenvalue weighted by Crippen LogP contribution is -2.20. The number of carbonyl (C=O) groups is 1. The maximum absolute atomic E-state index is 11.8. The van der Waals surface area contributed by atoms with Crippen molar-refractivity contribution < 1.29 is 19.4 Å². The van der Waals surface area contributed by atoms with Gasteiger partial charge in [0.2, 0.25) is 0 Å². The molecule has 0 spiro atoms. The second-order valence-electron chi connectivity index (χ2n) is 4.51. The summed E-state index contributed by atoms with van der Waals surface area (Å²) in [5, 5.41) is 24.0. The van der Waals surface area contributed by atoms with E-state index in [9.17, 15) is 25.0 Å². The maximum Gasteiger partial charge on any atom is 0.292 e. The standard InChI is InChI=1S/C14H10ClN3O6/c15-9-1-6-13(18(22)23)12(7-9)16-14(19)8-24-11-4-2-10(3-5-11)17(20)21/h1-7H,8H2,(H,16,19). The highest BCUT2D eigenvalue weighted by Gasteiger charge is 2.16. The van der Waals surface area contributed by atoms with E-state index in [1.165, 1.54) is 42.5 Å². The minimum absolute atomic E-state index is 0.0511. The van der Waals surface area contributed by atoms with Crippen LogP contribution in [-0.2, 0) is 4.79 Å². The van der Waals surface area contributed by atoms with Crippen LogP contribution in [-0.4, -0.2) is 22.4 Å². The van der Waals surface area contributed by atoms with Crippen LogP contribution < -0.4 is 10.1 Å². The van der Waals surface area contributed by atoms with Crippen LogP contribution in [0.4, 0.5) is 17.1 Å². The van der Waals surface area contributed by atoms with Gasteiger partial charge < -0.3 is 10.1 Å². The highest BCUT2D eigenvalue weighted by Crippen LogP contribution is 2.27. The van der Waals surface area contributed by atoms with Crippen LogP contribution in [0, 0.1) is 20.2 Å². The summed E-state index contributed by atoms with van der Waals surface area (Å²) >= 11 is 5.76. The zero-order valence-corrected chi connectivity index (χ0v) is 12.7. The highest BCUT2D eigenvalue weighted by molar-refractivity contribution is 6.31. The predicted molar refractivity (Wildman–Crippen MR) is 85.3 cm³/mol. The SMILES string of the molecule is O=C(COc1ccc([N+](=O)[O-])cc1)Nc1cc(Cl)ccc1[N+](=O)[O-]. The molecule has 124 valence electrons. The number of halogens is 1. The van der Waals surface area contributed by atoms with Gasteiger partial charge in [0, 0.05) is 23.2 Å². The number of ether oxygens (including phenoxy) is 1. The molecule has 0 saturated heterocycles. The second kappa shape index (κ2) is 7.38. The molecule has 0 aliphatic heterocycles. The number of hydrogen-bond donors (Lipinski definition) is 1. The second-order valence-corrected chi connectivity index (χ2v) is 4.94. The van der Waals surface area contributed by atoms with Crippen molar-refractivity contribution in [3.8, 4) is 5.75 Å². The highest BCUT2D eigenvalue weighted by atomic mass is 35.5. The van der Waals surface area contributed by atoms with Crippen molar-refractivity contribution in [2.45, 2.75) is 0 Å². The number of anilines is 1. The van der Waals surface area contributed by atoms with Gasteiger partial charge in [0.05, 0.1) is 9.85 Å². The van der Waals surface area contributed by atoms with E-state index >= 15 is 0 Å². The summed E-state index contributed by atoms with van der Waals surface area (Å²) < 4.78 is 5.17. The van der Waals surface area contributed by atoms with Gasteiger partial charge in [-0.15, -0.1) is 0 Å². The van der Waals surface area contributed by atoms with E-state index in [1.54, 1.807) is 0 Å². The molecule has 2 aromatic rings. The van der Waals surface area contributed by atoms with Gasteiger partial charge in [-0.1, -0.05) is 11.6 Å². The molecule has 10 heteroatoms. The van der Waals surface area contributed by atoms with Crippen LogP contribution in [0.15, 0.2) is 42.5 Å². The molecular weight excluding hydrogens is 342 g/mol. The lowest BCUT2D eigenvalue weighted by molar-refractivity contribution is -0.384. The van der Waals surface area contributed by atoms with Gasteiger partial charge in [0.1, 0.15) is 11.4 Å². The summed E-state index contributed by atoms with van der Waals surface area (Å²) in [5.41, 5.74) is -0.464. The Morgan fingerprint density at radius 2 is 1.75 bits per heavy atom. The molecule has 9 nitrogen and oxygen atoms in total. The van der Waals surface area contributed by atoms with E-state index in [4.69, 9.17) is 16.3 Å². The third-order valence-corrected chi connectivity index (χ3v) is 3.08. The number of nitro groups is 2. The van der Waals surface area contributed by atoms with E-state index in [-0.39, 0.29) is 27.8 Å². The molecule has 0 aliphatic rings. The number of nitrogens with zero attached hydrogens (tertiary/aromatic N) is 2. The predicted octanol–water partition coefficient (Wildman–Crippen LogP) is 3.17. The van der Waals surface area contributed by atoms with Crippen LogP contribution in [0.2, 0.25) is 5.02 Å². The van der Waals surface area contributed by atoms with Gasteiger partial charge in [-0.05, 0) is 24.3 Å². The van der Waals surface area contributed by atoms with E-state index in [2.05, 4.69) is 5.32 Å². The molecule has 0 fully saturated rings. The molecule has 0 heterocycles. The van der Waals surface area contributed by atoms with Crippen LogP contribution in [0.25, 0.3) is 0 Å². The van der Waals surface area contributed by atoms with Crippen LogP contribution >= 0.6 is 11.6 Å². The topological polar surface area (TPSA) is 125 Å². The molecule has 2 aromatic carbocycles. The summed E-state index contributed by atoms with van der Waals surface area (Å²) in [6.07, 6.45) is 0. The zero-order valence-electron chi connectivity index (χ0n) is 12.0. The number of non-ortho nitro benzene ring substituents is 1. The first-order valence-corrected chi connectivity index (χ1v) is 6.85. The summed E-state index contributed by atoms with van der Waals surface area (Å²) in [6, 6.07) is 8.91. The van der Waals surface area contributed by atoms with Crippen molar-refractivity contribution in [2.75, 3.05) is 11.9 Å². The molecule has 1 N–H and O–H groups in total. The Kier molecular flexibility index (Phi) is 5.27. The Bertz CT molecular complexity index is 794. The number of nitrogens with one attached hydrogen (secondary N) is 1. The molecule has 0 saturated carbocycles. The van der Waals surface area contributed by atoms with Crippen molar-refractivity contribution in [1.82, 2.24) is 0 Å². The Morgan fingerprint density at radius 1 is 1.08 bits per heavy atom. The van der Waals surface area contributed by atoms with Gasteiger partial charge in [-0.3, -0.25) is 25.0 Å². The van der Waals surface area contributed by atoms with Crippen LogP contribution in [0.5, 0.6) is 5.75 Å². The number of benzene rings is 2. The summed E-state index contributed by atoms with van der Waals surface area (Å²) in [6.45, 7) is -0.429. The fourth-order valence-electron chi connectivity index (χ4n) is 1.77. The molecule has 0 unspecified atom stereocenters. The molecular formula is C14H10ClN3O6. The fourth-order valence-corrected chi connectivity index (χ4v) is 1.94. The largest absolute Gasteiger partial charge is 0.484 e. The molecule has 24 heavy (non-hydrogen) atoms. The van der Waals surface area contributed by atoms with Gasteiger partial charge in [0.15, 0.2) is 6.61 Å². The summed E-state index contributed by atoms with van der Waals surface area (Å²) in [7, 11) is 0. The van der Waals surface area contributed by atoms with E-state index < -0.39 is 22.4 Å². The first-order valence-electron chi connectivity index (χ1n) is 6.48. The first kappa shape index (κ1) is 17.2. The number of rotatable bonds is 6. The molecule has 1 amide bonds. The number of carbonyl (C=O) groups excluding carboxylic acids is 1. The Hall–Kier alpha value is -3.20. The average Bonchev–Trinajstić information content (AvgIpc) is 2.53. The molecule has 0 bridgehead atoms. The van der Waals surface area contributed by atoms with E-state index in [1.807, 2.05) is 0 Å². The monoisotopic (exact) mass is 351 g/mol. The first-order chi connectivity index (χ1) is 11.4. The number of amides is 1. The summed E-state index contributed by atoms with van der Waals surface area (Å²) in [4.78, 5) is 32.1. The van der Waals surface area contributed by atoms with Gasteiger partial charge in [0.25, 0.3) is 17.3 Å². The minimum atomic E-state index is -0.650.